The monoisotopic (exact) mass is 415 g/mol. The van der Waals surface area contributed by atoms with Gasteiger partial charge in [0.2, 0.25) is 0 Å². The molecule has 3 aromatic rings. The summed E-state index contributed by atoms with van der Waals surface area (Å²) >= 11 is 0. The first-order chi connectivity index (χ1) is 15.2. The highest BCUT2D eigenvalue weighted by Gasteiger charge is 2.23. The molecule has 2 aliphatic heterocycles. The highest BCUT2D eigenvalue weighted by atomic mass is 16.5. The smallest absolute Gasteiger partial charge is 0.260 e. The molecule has 2 aromatic carbocycles. The summed E-state index contributed by atoms with van der Waals surface area (Å²) in [7, 11) is 0. The van der Waals surface area contributed by atoms with Crippen LogP contribution in [0.15, 0.2) is 67.0 Å². The summed E-state index contributed by atoms with van der Waals surface area (Å²) in [6.45, 7) is 4.25. The van der Waals surface area contributed by atoms with Gasteiger partial charge in [-0.2, -0.15) is 4.73 Å². The van der Waals surface area contributed by atoms with Crippen LogP contribution >= 0.6 is 0 Å². The lowest BCUT2D eigenvalue weighted by Gasteiger charge is -2.29. The third-order valence-electron chi connectivity index (χ3n) is 6.03. The predicted octanol–water partition coefficient (Wildman–Crippen LogP) is 2.91. The predicted molar refractivity (Wildman–Crippen MR) is 116 cm³/mol. The van der Waals surface area contributed by atoms with Crippen molar-refractivity contribution in [3.8, 4) is 5.75 Å². The van der Waals surface area contributed by atoms with Crippen LogP contribution in [0.2, 0.25) is 0 Å². The molecule has 0 N–H and O–H groups in total. The standard InChI is InChI=1S/C25H25N3O3/c29-25(22-6-3-10-28(30)18-22)27-12-13-31-24-8-7-19(14-23(24)17-27)15-26-11-9-20-4-1-2-5-21(20)16-26/h1-8,10,14,18H,9,11-13,15-17H2. The lowest BCUT2D eigenvalue weighted by molar-refractivity contribution is -0.605. The van der Waals surface area contributed by atoms with Crippen molar-refractivity contribution in [1.29, 1.82) is 0 Å². The molecule has 158 valence electrons. The van der Waals surface area contributed by atoms with Crippen molar-refractivity contribution >= 4 is 5.91 Å². The van der Waals surface area contributed by atoms with E-state index in [0.29, 0.717) is 30.0 Å². The van der Waals surface area contributed by atoms with Crippen molar-refractivity contribution in [3.05, 3.63) is 100 Å². The van der Waals surface area contributed by atoms with Crippen LogP contribution in [0.5, 0.6) is 5.75 Å². The first-order valence-corrected chi connectivity index (χ1v) is 10.7. The van der Waals surface area contributed by atoms with E-state index in [-0.39, 0.29) is 5.91 Å². The molecule has 0 atom stereocenters. The minimum atomic E-state index is -0.153. The molecule has 1 amide bonds. The second-order valence-electron chi connectivity index (χ2n) is 8.20. The number of amides is 1. The highest BCUT2D eigenvalue weighted by Crippen LogP contribution is 2.27. The van der Waals surface area contributed by atoms with Crippen LogP contribution in [0.3, 0.4) is 0 Å². The maximum Gasteiger partial charge on any atom is 0.260 e. The van der Waals surface area contributed by atoms with E-state index >= 15 is 0 Å². The summed E-state index contributed by atoms with van der Waals surface area (Å²) in [6.07, 6.45) is 3.77. The van der Waals surface area contributed by atoms with Crippen molar-refractivity contribution in [2.24, 2.45) is 0 Å². The number of rotatable bonds is 3. The largest absolute Gasteiger partial charge is 0.619 e. The summed E-state index contributed by atoms with van der Waals surface area (Å²) in [6, 6.07) is 18.2. The second-order valence-corrected chi connectivity index (χ2v) is 8.20. The van der Waals surface area contributed by atoms with Gasteiger partial charge in [0, 0.05) is 37.8 Å². The number of ether oxygens (including phenoxy) is 1. The maximum absolute atomic E-state index is 12.9. The van der Waals surface area contributed by atoms with Gasteiger partial charge in [-0.15, -0.1) is 0 Å². The van der Waals surface area contributed by atoms with Crippen molar-refractivity contribution in [2.75, 3.05) is 19.7 Å². The van der Waals surface area contributed by atoms with Crippen LogP contribution in [0.25, 0.3) is 0 Å². The average Bonchev–Trinajstić information content (AvgIpc) is 3.00. The Bertz CT molecular complexity index is 1110. The Kier molecular flexibility index (Phi) is 5.30. The topological polar surface area (TPSA) is 59.7 Å². The number of pyridine rings is 1. The number of fused-ring (bicyclic) bond motifs is 2. The van der Waals surface area contributed by atoms with Crippen molar-refractivity contribution < 1.29 is 14.3 Å². The van der Waals surface area contributed by atoms with Gasteiger partial charge in [0.15, 0.2) is 12.4 Å². The molecular weight excluding hydrogens is 390 g/mol. The summed E-state index contributed by atoms with van der Waals surface area (Å²) in [5.74, 6) is 0.676. The molecular formula is C25H25N3O3. The first-order valence-electron chi connectivity index (χ1n) is 10.7. The van der Waals surface area contributed by atoms with Crippen LogP contribution < -0.4 is 9.47 Å². The quantitative estimate of drug-likeness (QED) is 0.488. The number of carbonyl (C=O) groups is 1. The van der Waals surface area contributed by atoms with Gasteiger partial charge in [0.25, 0.3) is 5.91 Å². The van der Waals surface area contributed by atoms with Gasteiger partial charge in [0.05, 0.1) is 6.54 Å². The molecule has 0 aliphatic carbocycles. The zero-order valence-corrected chi connectivity index (χ0v) is 17.4. The zero-order chi connectivity index (χ0) is 21.2. The van der Waals surface area contributed by atoms with E-state index in [1.54, 1.807) is 17.0 Å². The lowest BCUT2D eigenvalue weighted by Crippen LogP contribution is -2.35. The summed E-state index contributed by atoms with van der Waals surface area (Å²) in [5, 5.41) is 11.6. The maximum atomic E-state index is 12.9. The van der Waals surface area contributed by atoms with Crippen molar-refractivity contribution in [1.82, 2.24) is 9.80 Å². The summed E-state index contributed by atoms with van der Waals surface area (Å²) in [4.78, 5) is 17.2. The molecule has 0 unspecified atom stereocenters. The van der Waals surface area contributed by atoms with E-state index in [9.17, 15) is 10.0 Å². The van der Waals surface area contributed by atoms with Gasteiger partial charge in [-0.25, -0.2) is 0 Å². The minimum absolute atomic E-state index is 0.153. The molecule has 0 bridgehead atoms. The van der Waals surface area contributed by atoms with Crippen LogP contribution in [-0.4, -0.2) is 35.4 Å². The van der Waals surface area contributed by atoms with E-state index in [0.717, 1.165) is 37.4 Å². The van der Waals surface area contributed by atoms with E-state index in [2.05, 4.69) is 41.3 Å². The molecule has 0 fully saturated rings. The van der Waals surface area contributed by atoms with Gasteiger partial charge < -0.3 is 14.8 Å². The van der Waals surface area contributed by atoms with Gasteiger partial charge in [0.1, 0.15) is 17.9 Å². The molecule has 1 aromatic heterocycles. The fourth-order valence-electron chi connectivity index (χ4n) is 4.43. The van der Waals surface area contributed by atoms with Crippen LogP contribution in [0.4, 0.5) is 0 Å². The number of benzene rings is 2. The van der Waals surface area contributed by atoms with Gasteiger partial charge in [-0.3, -0.25) is 9.69 Å². The van der Waals surface area contributed by atoms with Crippen molar-refractivity contribution in [3.63, 3.8) is 0 Å². The number of hydrogen-bond acceptors (Lipinski definition) is 4. The first kappa shape index (κ1) is 19.6. The fraction of sp³-hybridized carbons (Fsp3) is 0.280. The van der Waals surface area contributed by atoms with E-state index < -0.39 is 0 Å². The molecule has 2 aliphatic rings. The fourth-order valence-corrected chi connectivity index (χ4v) is 4.43. The molecule has 3 heterocycles. The van der Waals surface area contributed by atoms with E-state index in [1.165, 1.54) is 29.1 Å². The number of carbonyl (C=O) groups excluding carboxylic acids is 1. The van der Waals surface area contributed by atoms with Crippen LogP contribution in [0, 0.1) is 5.21 Å². The Balaban J connectivity index is 1.32. The lowest BCUT2D eigenvalue weighted by atomic mass is 9.99. The molecule has 0 saturated carbocycles. The van der Waals surface area contributed by atoms with Gasteiger partial charge in [-0.05, 0) is 41.3 Å². The Morgan fingerprint density at radius 2 is 1.87 bits per heavy atom. The number of aromatic nitrogens is 1. The van der Waals surface area contributed by atoms with E-state index in [4.69, 9.17) is 4.74 Å². The Morgan fingerprint density at radius 3 is 2.74 bits per heavy atom. The summed E-state index contributed by atoms with van der Waals surface area (Å²) in [5.41, 5.74) is 5.47. The normalized spacial score (nSPS) is 16.1. The highest BCUT2D eigenvalue weighted by molar-refractivity contribution is 5.93. The second kappa shape index (κ2) is 8.40. The van der Waals surface area contributed by atoms with Gasteiger partial charge >= 0.3 is 0 Å². The SMILES string of the molecule is O=C(c1ccc[n+]([O-])c1)N1CCOc2ccc(CN3CCc4ccccc4C3)cc2C1. The molecule has 6 heteroatoms. The van der Waals surface area contributed by atoms with E-state index in [1.807, 2.05) is 6.07 Å². The van der Waals surface area contributed by atoms with Crippen molar-refractivity contribution in [2.45, 2.75) is 26.1 Å². The third-order valence-corrected chi connectivity index (χ3v) is 6.03. The van der Waals surface area contributed by atoms with Crippen LogP contribution in [-0.2, 0) is 26.1 Å². The van der Waals surface area contributed by atoms with Gasteiger partial charge in [-0.1, -0.05) is 30.3 Å². The molecule has 31 heavy (non-hydrogen) atoms. The minimum Gasteiger partial charge on any atom is -0.619 e. The zero-order valence-electron chi connectivity index (χ0n) is 17.4. The average molecular weight is 415 g/mol. The summed E-state index contributed by atoms with van der Waals surface area (Å²) < 4.78 is 6.56. The molecule has 5 rings (SSSR count). The number of nitrogens with zero attached hydrogens (tertiary/aromatic N) is 3. The Hall–Kier alpha value is -3.38. The van der Waals surface area contributed by atoms with Crippen LogP contribution in [0.1, 0.15) is 32.6 Å². The Labute approximate surface area is 181 Å². The Morgan fingerprint density at radius 1 is 1.00 bits per heavy atom. The molecule has 0 saturated heterocycles. The molecule has 6 nitrogen and oxygen atoms in total. The molecule has 0 spiro atoms. The number of hydrogen-bond donors (Lipinski definition) is 0. The third kappa shape index (κ3) is 4.25. The molecule has 0 radical (unpaired) electrons.